The van der Waals surface area contributed by atoms with Crippen LogP contribution < -0.4 is 10.0 Å². The van der Waals surface area contributed by atoms with Crippen LogP contribution in [0.1, 0.15) is 18.5 Å². The molecule has 0 spiro atoms. The molecule has 0 aliphatic heterocycles. The van der Waals surface area contributed by atoms with Gasteiger partial charge in [-0.2, -0.15) is 0 Å². The fourth-order valence-corrected chi connectivity index (χ4v) is 2.61. The van der Waals surface area contributed by atoms with E-state index in [0.29, 0.717) is 13.1 Å². The first-order chi connectivity index (χ1) is 10.5. The third kappa shape index (κ3) is 5.22. The number of hydrogen-bond donors (Lipinski definition) is 2. The summed E-state index contributed by atoms with van der Waals surface area (Å²) in [5.41, 5.74) is 3.38. The molecule has 0 saturated heterocycles. The molecule has 0 aliphatic carbocycles. The van der Waals surface area contributed by atoms with Crippen LogP contribution in [0.4, 0.5) is 0 Å². The van der Waals surface area contributed by atoms with E-state index in [1.807, 2.05) is 18.3 Å². The second kappa shape index (κ2) is 7.49. The maximum atomic E-state index is 11.0. The number of hydrogen-bond acceptors (Lipinski definition) is 4. The molecule has 0 fully saturated rings. The van der Waals surface area contributed by atoms with Gasteiger partial charge in [0, 0.05) is 31.5 Å². The average Bonchev–Trinajstić information content (AvgIpc) is 2.51. The summed E-state index contributed by atoms with van der Waals surface area (Å²) in [7, 11) is -3.12. The number of nitrogens with zero attached hydrogens (tertiary/aromatic N) is 1. The Morgan fingerprint density at radius 3 is 2.41 bits per heavy atom. The van der Waals surface area contributed by atoms with Gasteiger partial charge in [0.25, 0.3) is 0 Å². The maximum absolute atomic E-state index is 11.0. The SMILES string of the molecule is C[C@H](NCCNS(C)(=O)=O)c1ccc(-c2cccnc2)cc1. The molecule has 0 saturated carbocycles. The van der Waals surface area contributed by atoms with Crippen LogP contribution in [-0.2, 0) is 10.0 Å². The normalized spacial score (nSPS) is 13.0. The van der Waals surface area contributed by atoms with E-state index in [0.717, 1.165) is 22.9 Å². The van der Waals surface area contributed by atoms with Gasteiger partial charge in [-0.1, -0.05) is 30.3 Å². The fourth-order valence-electron chi connectivity index (χ4n) is 2.14. The summed E-state index contributed by atoms with van der Waals surface area (Å²) in [4.78, 5) is 4.12. The Hall–Kier alpha value is -1.76. The van der Waals surface area contributed by atoms with E-state index < -0.39 is 10.0 Å². The van der Waals surface area contributed by atoms with Gasteiger partial charge in [0.05, 0.1) is 6.26 Å². The predicted molar refractivity (Wildman–Crippen MR) is 88.9 cm³/mol. The lowest BCUT2D eigenvalue weighted by atomic mass is 10.0. The molecule has 0 unspecified atom stereocenters. The zero-order chi connectivity index (χ0) is 16.0. The van der Waals surface area contributed by atoms with Gasteiger partial charge < -0.3 is 5.32 Å². The molecule has 2 N–H and O–H groups in total. The Kier molecular flexibility index (Phi) is 5.65. The van der Waals surface area contributed by atoms with Crippen LogP contribution in [0.3, 0.4) is 0 Å². The van der Waals surface area contributed by atoms with Crippen molar-refractivity contribution in [2.45, 2.75) is 13.0 Å². The van der Waals surface area contributed by atoms with Crippen molar-refractivity contribution in [2.24, 2.45) is 0 Å². The number of rotatable bonds is 7. The molecule has 2 rings (SSSR count). The molecular weight excluding hydrogens is 298 g/mol. The minimum absolute atomic E-state index is 0.157. The highest BCUT2D eigenvalue weighted by Gasteiger charge is 2.06. The summed E-state index contributed by atoms with van der Waals surface area (Å²) in [5, 5.41) is 3.29. The van der Waals surface area contributed by atoms with Gasteiger partial charge in [-0.05, 0) is 29.7 Å². The molecule has 1 aromatic carbocycles. The topological polar surface area (TPSA) is 71.1 Å². The molecule has 2 aromatic rings. The Balaban J connectivity index is 1.90. The molecule has 1 heterocycles. The van der Waals surface area contributed by atoms with Crippen LogP contribution in [0.25, 0.3) is 11.1 Å². The van der Waals surface area contributed by atoms with Gasteiger partial charge in [0.2, 0.25) is 10.0 Å². The van der Waals surface area contributed by atoms with E-state index in [4.69, 9.17) is 0 Å². The Labute approximate surface area is 131 Å². The van der Waals surface area contributed by atoms with Crippen LogP contribution in [0.15, 0.2) is 48.8 Å². The average molecular weight is 319 g/mol. The highest BCUT2D eigenvalue weighted by atomic mass is 32.2. The van der Waals surface area contributed by atoms with Crippen molar-refractivity contribution in [3.63, 3.8) is 0 Å². The second-order valence-electron chi connectivity index (χ2n) is 5.21. The number of benzene rings is 1. The molecule has 22 heavy (non-hydrogen) atoms. The molecular formula is C16H21N3O2S. The minimum atomic E-state index is -3.12. The van der Waals surface area contributed by atoms with Gasteiger partial charge in [-0.25, -0.2) is 13.1 Å². The number of nitrogens with one attached hydrogen (secondary N) is 2. The van der Waals surface area contributed by atoms with Crippen LogP contribution in [0, 0.1) is 0 Å². The largest absolute Gasteiger partial charge is 0.309 e. The Bertz CT molecular complexity index is 685. The molecule has 0 radical (unpaired) electrons. The van der Waals surface area contributed by atoms with E-state index >= 15 is 0 Å². The first kappa shape index (κ1) is 16.6. The standard InChI is InChI=1S/C16H21N3O2S/c1-13(18-10-11-19-22(2,20)21)14-5-7-15(8-6-14)16-4-3-9-17-12-16/h3-9,12-13,18-19H,10-11H2,1-2H3/t13-/m0/s1. The van der Waals surface area contributed by atoms with E-state index in [2.05, 4.69) is 46.2 Å². The van der Waals surface area contributed by atoms with Crippen molar-refractivity contribution in [3.8, 4) is 11.1 Å². The van der Waals surface area contributed by atoms with E-state index in [1.54, 1.807) is 6.20 Å². The smallest absolute Gasteiger partial charge is 0.208 e. The van der Waals surface area contributed by atoms with Crippen LogP contribution in [0.2, 0.25) is 0 Å². The van der Waals surface area contributed by atoms with Crippen LogP contribution in [-0.4, -0.2) is 32.7 Å². The van der Waals surface area contributed by atoms with Gasteiger partial charge in [0.1, 0.15) is 0 Å². The van der Waals surface area contributed by atoms with Crippen molar-refractivity contribution in [1.82, 2.24) is 15.0 Å². The molecule has 6 heteroatoms. The lowest BCUT2D eigenvalue weighted by molar-refractivity contribution is 0.556. The predicted octanol–water partition coefficient (Wildman–Crippen LogP) is 1.95. The van der Waals surface area contributed by atoms with E-state index in [9.17, 15) is 8.42 Å². The number of sulfonamides is 1. The van der Waals surface area contributed by atoms with Crippen LogP contribution in [0.5, 0.6) is 0 Å². The quantitative estimate of drug-likeness (QED) is 0.765. The summed E-state index contributed by atoms with van der Waals surface area (Å²) < 4.78 is 24.4. The summed E-state index contributed by atoms with van der Waals surface area (Å²) in [6.45, 7) is 3.02. The summed E-state index contributed by atoms with van der Waals surface area (Å²) >= 11 is 0. The molecule has 0 aliphatic rings. The molecule has 0 bridgehead atoms. The monoisotopic (exact) mass is 319 g/mol. The lowest BCUT2D eigenvalue weighted by Crippen LogP contribution is -2.32. The highest BCUT2D eigenvalue weighted by molar-refractivity contribution is 7.88. The summed E-state index contributed by atoms with van der Waals surface area (Å²) in [6, 6.07) is 12.4. The third-order valence-corrected chi connectivity index (χ3v) is 4.07. The van der Waals surface area contributed by atoms with Crippen molar-refractivity contribution >= 4 is 10.0 Å². The van der Waals surface area contributed by atoms with Gasteiger partial charge in [0.15, 0.2) is 0 Å². The zero-order valence-corrected chi connectivity index (χ0v) is 13.6. The first-order valence-corrected chi connectivity index (χ1v) is 9.03. The minimum Gasteiger partial charge on any atom is -0.309 e. The highest BCUT2D eigenvalue weighted by Crippen LogP contribution is 2.20. The van der Waals surface area contributed by atoms with Gasteiger partial charge in [-0.15, -0.1) is 0 Å². The Morgan fingerprint density at radius 2 is 1.82 bits per heavy atom. The molecule has 118 valence electrons. The molecule has 1 atom stereocenters. The van der Waals surface area contributed by atoms with Crippen molar-refractivity contribution in [2.75, 3.05) is 19.3 Å². The van der Waals surface area contributed by atoms with Crippen LogP contribution >= 0.6 is 0 Å². The summed E-state index contributed by atoms with van der Waals surface area (Å²) in [5.74, 6) is 0. The van der Waals surface area contributed by atoms with E-state index in [1.165, 1.54) is 0 Å². The van der Waals surface area contributed by atoms with E-state index in [-0.39, 0.29) is 6.04 Å². The maximum Gasteiger partial charge on any atom is 0.208 e. The lowest BCUT2D eigenvalue weighted by Gasteiger charge is -2.15. The molecule has 1 aromatic heterocycles. The van der Waals surface area contributed by atoms with Crippen molar-refractivity contribution < 1.29 is 8.42 Å². The van der Waals surface area contributed by atoms with Gasteiger partial charge >= 0.3 is 0 Å². The number of pyridine rings is 1. The Morgan fingerprint density at radius 1 is 1.09 bits per heavy atom. The second-order valence-corrected chi connectivity index (χ2v) is 7.04. The molecule has 0 amide bonds. The van der Waals surface area contributed by atoms with Gasteiger partial charge in [-0.3, -0.25) is 4.98 Å². The first-order valence-electron chi connectivity index (χ1n) is 7.14. The number of aromatic nitrogens is 1. The third-order valence-electron chi connectivity index (χ3n) is 3.35. The summed E-state index contributed by atoms with van der Waals surface area (Å²) in [6.07, 6.45) is 4.76. The van der Waals surface area contributed by atoms with Crippen molar-refractivity contribution in [1.29, 1.82) is 0 Å². The van der Waals surface area contributed by atoms with Crippen molar-refractivity contribution in [3.05, 3.63) is 54.4 Å². The fraction of sp³-hybridized carbons (Fsp3) is 0.312. The molecule has 5 nitrogen and oxygen atoms in total. The zero-order valence-electron chi connectivity index (χ0n) is 12.8.